The Balaban J connectivity index is 2.02. The molecule has 22 heavy (non-hydrogen) atoms. The maximum absolute atomic E-state index is 12.2. The summed E-state index contributed by atoms with van der Waals surface area (Å²) in [5, 5.41) is 6.93. The van der Waals surface area contributed by atoms with Crippen molar-refractivity contribution in [1.29, 1.82) is 0 Å². The number of benzene rings is 2. The summed E-state index contributed by atoms with van der Waals surface area (Å²) in [6, 6.07) is 12.6. The molecular formula is C17H18Cl2N2O. The molecule has 0 fully saturated rings. The van der Waals surface area contributed by atoms with Crippen molar-refractivity contribution in [3.63, 3.8) is 0 Å². The Morgan fingerprint density at radius 1 is 1.18 bits per heavy atom. The van der Waals surface area contributed by atoms with Crippen molar-refractivity contribution in [3.8, 4) is 0 Å². The van der Waals surface area contributed by atoms with Crippen molar-refractivity contribution in [1.82, 2.24) is 0 Å². The third-order valence-electron chi connectivity index (χ3n) is 3.30. The van der Waals surface area contributed by atoms with E-state index in [4.69, 9.17) is 23.2 Å². The van der Waals surface area contributed by atoms with Crippen molar-refractivity contribution < 1.29 is 4.79 Å². The van der Waals surface area contributed by atoms with Crippen molar-refractivity contribution >= 4 is 40.5 Å². The number of hydrogen-bond acceptors (Lipinski definition) is 2. The lowest BCUT2D eigenvalue weighted by Crippen LogP contribution is -2.31. The number of anilines is 2. The highest BCUT2D eigenvalue weighted by atomic mass is 35.5. The highest BCUT2D eigenvalue weighted by molar-refractivity contribution is 6.36. The quantitative estimate of drug-likeness (QED) is 0.806. The summed E-state index contributed by atoms with van der Waals surface area (Å²) in [5.41, 5.74) is 2.69. The molecule has 0 radical (unpaired) electrons. The molecule has 2 aromatic carbocycles. The van der Waals surface area contributed by atoms with E-state index in [9.17, 15) is 4.79 Å². The SMILES string of the molecule is CCc1cccc(NC(C)C(=O)Nc2ccc(Cl)cc2Cl)c1. The van der Waals surface area contributed by atoms with E-state index in [1.54, 1.807) is 25.1 Å². The molecule has 2 rings (SSSR count). The average molecular weight is 337 g/mol. The molecule has 5 heteroatoms. The Bertz CT molecular complexity index is 673. The van der Waals surface area contributed by atoms with E-state index >= 15 is 0 Å². The van der Waals surface area contributed by atoms with Gasteiger partial charge in [0, 0.05) is 10.7 Å². The first kappa shape index (κ1) is 16.7. The molecule has 0 bridgehead atoms. The molecule has 0 spiro atoms. The van der Waals surface area contributed by atoms with Crippen LogP contribution in [-0.4, -0.2) is 11.9 Å². The highest BCUT2D eigenvalue weighted by Crippen LogP contribution is 2.25. The normalized spacial score (nSPS) is 11.8. The predicted octanol–water partition coefficient (Wildman–Crippen LogP) is 4.99. The van der Waals surface area contributed by atoms with Crippen LogP contribution in [0.15, 0.2) is 42.5 Å². The Morgan fingerprint density at radius 2 is 1.95 bits per heavy atom. The van der Waals surface area contributed by atoms with Gasteiger partial charge >= 0.3 is 0 Å². The van der Waals surface area contributed by atoms with Gasteiger partial charge in [-0.3, -0.25) is 4.79 Å². The first-order chi connectivity index (χ1) is 10.5. The molecule has 1 amide bonds. The van der Waals surface area contributed by atoms with E-state index in [1.807, 2.05) is 18.2 Å². The molecule has 2 aromatic rings. The van der Waals surface area contributed by atoms with Crippen LogP contribution in [0.3, 0.4) is 0 Å². The number of aryl methyl sites for hydroxylation is 1. The van der Waals surface area contributed by atoms with E-state index in [2.05, 4.69) is 23.6 Å². The van der Waals surface area contributed by atoms with Crippen LogP contribution in [0.2, 0.25) is 10.0 Å². The van der Waals surface area contributed by atoms with Crippen LogP contribution in [0.1, 0.15) is 19.4 Å². The molecule has 0 heterocycles. The second kappa shape index (κ2) is 7.52. The largest absolute Gasteiger partial charge is 0.374 e. The fourth-order valence-electron chi connectivity index (χ4n) is 2.03. The molecule has 0 aliphatic rings. The topological polar surface area (TPSA) is 41.1 Å². The van der Waals surface area contributed by atoms with Crippen molar-refractivity contribution in [3.05, 3.63) is 58.1 Å². The van der Waals surface area contributed by atoms with Gasteiger partial charge in [0.15, 0.2) is 0 Å². The van der Waals surface area contributed by atoms with Crippen LogP contribution >= 0.6 is 23.2 Å². The number of rotatable bonds is 5. The second-order valence-corrected chi connectivity index (χ2v) is 5.88. The van der Waals surface area contributed by atoms with Crippen LogP contribution in [0, 0.1) is 0 Å². The Morgan fingerprint density at radius 3 is 2.64 bits per heavy atom. The van der Waals surface area contributed by atoms with Crippen LogP contribution < -0.4 is 10.6 Å². The van der Waals surface area contributed by atoms with Gasteiger partial charge in [0.05, 0.1) is 10.7 Å². The van der Waals surface area contributed by atoms with E-state index in [1.165, 1.54) is 5.56 Å². The number of amides is 1. The molecular weight excluding hydrogens is 319 g/mol. The fourth-order valence-corrected chi connectivity index (χ4v) is 2.48. The summed E-state index contributed by atoms with van der Waals surface area (Å²) < 4.78 is 0. The Kier molecular flexibility index (Phi) is 5.69. The van der Waals surface area contributed by atoms with Gasteiger partial charge in [-0.05, 0) is 49.2 Å². The zero-order valence-electron chi connectivity index (χ0n) is 12.5. The molecule has 3 nitrogen and oxygen atoms in total. The van der Waals surface area contributed by atoms with Crippen molar-refractivity contribution in [2.45, 2.75) is 26.3 Å². The summed E-state index contributed by atoms with van der Waals surface area (Å²) in [5.74, 6) is -0.161. The number of carbonyl (C=O) groups is 1. The molecule has 2 N–H and O–H groups in total. The molecule has 1 unspecified atom stereocenters. The van der Waals surface area contributed by atoms with Crippen LogP contribution in [-0.2, 0) is 11.2 Å². The number of nitrogens with one attached hydrogen (secondary N) is 2. The second-order valence-electron chi connectivity index (χ2n) is 5.03. The molecule has 0 aliphatic carbocycles. The molecule has 116 valence electrons. The minimum absolute atomic E-state index is 0.161. The summed E-state index contributed by atoms with van der Waals surface area (Å²) in [4.78, 5) is 12.2. The minimum Gasteiger partial charge on any atom is -0.374 e. The molecule has 0 aromatic heterocycles. The molecule has 1 atom stereocenters. The molecule has 0 saturated heterocycles. The standard InChI is InChI=1S/C17H18Cl2N2O/c1-3-12-5-4-6-14(9-12)20-11(2)17(22)21-16-8-7-13(18)10-15(16)19/h4-11,20H,3H2,1-2H3,(H,21,22). The summed E-state index contributed by atoms with van der Waals surface area (Å²) in [7, 11) is 0. The first-order valence-corrected chi connectivity index (χ1v) is 7.86. The van der Waals surface area contributed by atoms with Gasteiger partial charge in [0.25, 0.3) is 0 Å². The van der Waals surface area contributed by atoms with Gasteiger partial charge in [-0.25, -0.2) is 0 Å². The summed E-state index contributed by atoms with van der Waals surface area (Å²) in [6.07, 6.45) is 0.955. The highest BCUT2D eigenvalue weighted by Gasteiger charge is 2.14. The van der Waals surface area contributed by atoms with Gasteiger partial charge in [-0.2, -0.15) is 0 Å². The minimum atomic E-state index is -0.390. The third kappa shape index (κ3) is 4.39. The lowest BCUT2D eigenvalue weighted by atomic mass is 10.1. The van der Waals surface area contributed by atoms with Crippen LogP contribution in [0.4, 0.5) is 11.4 Å². The Labute approximate surface area is 140 Å². The zero-order valence-corrected chi connectivity index (χ0v) is 14.0. The van der Waals surface area contributed by atoms with Gasteiger partial charge in [-0.15, -0.1) is 0 Å². The number of hydrogen-bond donors (Lipinski definition) is 2. The lowest BCUT2D eigenvalue weighted by molar-refractivity contribution is -0.116. The lowest BCUT2D eigenvalue weighted by Gasteiger charge is -2.16. The predicted molar refractivity (Wildman–Crippen MR) is 94.0 cm³/mol. The van der Waals surface area contributed by atoms with E-state index in [0.29, 0.717) is 15.7 Å². The van der Waals surface area contributed by atoms with Crippen LogP contribution in [0.25, 0.3) is 0 Å². The monoisotopic (exact) mass is 336 g/mol. The maximum atomic E-state index is 12.2. The molecule has 0 saturated carbocycles. The van der Waals surface area contributed by atoms with E-state index < -0.39 is 0 Å². The van der Waals surface area contributed by atoms with Gasteiger partial charge in [-0.1, -0.05) is 42.3 Å². The van der Waals surface area contributed by atoms with Crippen LogP contribution in [0.5, 0.6) is 0 Å². The van der Waals surface area contributed by atoms with Crippen molar-refractivity contribution in [2.24, 2.45) is 0 Å². The average Bonchev–Trinajstić information content (AvgIpc) is 2.50. The smallest absolute Gasteiger partial charge is 0.246 e. The van der Waals surface area contributed by atoms with E-state index in [0.717, 1.165) is 12.1 Å². The Hall–Kier alpha value is -1.71. The summed E-state index contributed by atoms with van der Waals surface area (Å²) >= 11 is 11.9. The zero-order chi connectivity index (χ0) is 16.1. The maximum Gasteiger partial charge on any atom is 0.246 e. The third-order valence-corrected chi connectivity index (χ3v) is 3.85. The van der Waals surface area contributed by atoms with Gasteiger partial charge < -0.3 is 10.6 Å². The van der Waals surface area contributed by atoms with E-state index in [-0.39, 0.29) is 11.9 Å². The number of carbonyl (C=O) groups excluding carboxylic acids is 1. The van der Waals surface area contributed by atoms with Crippen molar-refractivity contribution in [2.75, 3.05) is 10.6 Å². The fraction of sp³-hybridized carbons (Fsp3) is 0.235. The summed E-state index contributed by atoms with van der Waals surface area (Å²) in [6.45, 7) is 3.90. The first-order valence-electron chi connectivity index (χ1n) is 7.11. The number of halogens is 2. The van der Waals surface area contributed by atoms with Gasteiger partial charge in [0.2, 0.25) is 5.91 Å². The molecule has 0 aliphatic heterocycles. The van der Waals surface area contributed by atoms with Gasteiger partial charge in [0.1, 0.15) is 6.04 Å².